The number of benzene rings is 2. The molecule has 1 heterocycles. The molecule has 0 amide bonds. The highest BCUT2D eigenvalue weighted by molar-refractivity contribution is 8.23. The molecule has 0 saturated heterocycles. The maximum absolute atomic E-state index is 12.7. The van der Waals surface area contributed by atoms with Gasteiger partial charge in [-0.2, -0.15) is 4.31 Å². The van der Waals surface area contributed by atoms with E-state index in [2.05, 4.69) is 18.0 Å². The van der Waals surface area contributed by atoms with E-state index in [-0.39, 0.29) is 5.78 Å². The van der Waals surface area contributed by atoms with Gasteiger partial charge >= 0.3 is 0 Å². The normalized spacial score (nSPS) is 16.7. The third-order valence-electron chi connectivity index (χ3n) is 6.07. The van der Waals surface area contributed by atoms with Crippen LogP contribution < -0.4 is 9.04 Å². The number of para-hydroxylation sites is 1. The highest BCUT2D eigenvalue weighted by Crippen LogP contribution is 2.52. The highest BCUT2D eigenvalue weighted by Gasteiger charge is 2.32. The van der Waals surface area contributed by atoms with Crippen molar-refractivity contribution in [1.29, 1.82) is 0 Å². The first-order chi connectivity index (χ1) is 15.2. The number of rotatable bonds is 10. The Hall–Kier alpha value is -2.10. The van der Waals surface area contributed by atoms with Crippen LogP contribution in [0.2, 0.25) is 0 Å². The predicted molar refractivity (Wildman–Crippen MR) is 132 cm³/mol. The second-order valence-electron chi connectivity index (χ2n) is 8.36. The number of ether oxygens (including phenoxy) is 1. The molecule has 2 aromatic carbocycles. The molecule has 0 spiro atoms. The molecule has 32 heavy (non-hydrogen) atoms. The first-order valence-corrected chi connectivity index (χ1v) is 12.4. The van der Waals surface area contributed by atoms with Crippen LogP contribution in [-0.2, 0) is 13.0 Å². The number of carbonyl (C=O) groups is 1. The Morgan fingerprint density at radius 3 is 2.62 bits per heavy atom. The topological polar surface area (TPSA) is 76.5 Å². The van der Waals surface area contributed by atoms with Crippen LogP contribution in [-0.4, -0.2) is 65.4 Å². The van der Waals surface area contributed by atoms with Crippen molar-refractivity contribution in [1.82, 2.24) is 9.21 Å². The molecule has 2 aromatic rings. The number of hydrogen-bond acceptors (Lipinski definition) is 7. The fourth-order valence-corrected chi connectivity index (χ4v) is 5.18. The van der Waals surface area contributed by atoms with E-state index < -0.39 is 11.0 Å². The van der Waals surface area contributed by atoms with E-state index in [1.807, 2.05) is 30.3 Å². The van der Waals surface area contributed by atoms with Crippen LogP contribution in [0.15, 0.2) is 42.5 Å². The van der Waals surface area contributed by atoms with Gasteiger partial charge in [0.25, 0.3) is 0 Å². The van der Waals surface area contributed by atoms with E-state index in [1.54, 1.807) is 27.3 Å². The van der Waals surface area contributed by atoms with Gasteiger partial charge in [0.15, 0.2) is 5.78 Å². The fraction of sp³-hybridized carbons (Fsp3) is 0.458. The summed E-state index contributed by atoms with van der Waals surface area (Å²) in [4.78, 5) is 15.0. The van der Waals surface area contributed by atoms with Gasteiger partial charge in [0.1, 0.15) is 5.75 Å². The molecule has 1 aliphatic rings. The molecule has 0 unspecified atom stereocenters. The average Bonchev–Trinajstić information content (AvgIpc) is 2.79. The SMILES string of the molecule is COc1ccccc1CCN(C)CCCCC(=O)c1ccc2c(c1)CN(C)S(O)(O)N2C. The molecule has 0 saturated carbocycles. The lowest BCUT2D eigenvalue weighted by molar-refractivity contribution is 0.0978. The van der Waals surface area contributed by atoms with Gasteiger partial charge in [-0.1, -0.05) is 29.2 Å². The Kier molecular flexibility index (Phi) is 8.19. The first kappa shape index (κ1) is 24.5. The smallest absolute Gasteiger partial charge is 0.162 e. The summed E-state index contributed by atoms with van der Waals surface area (Å²) in [5.41, 5.74) is 3.59. The average molecular weight is 462 g/mol. The second-order valence-corrected chi connectivity index (χ2v) is 10.5. The van der Waals surface area contributed by atoms with Crippen LogP contribution in [0.25, 0.3) is 0 Å². The van der Waals surface area contributed by atoms with Crippen LogP contribution >= 0.6 is 11.0 Å². The minimum Gasteiger partial charge on any atom is -0.496 e. The van der Waals surface area contributed by atoms with E-state index >= 15 is 0 Å². The molecule has 3 rings (SSSR count). The molecule has 7 nitrogen and oxygen atoms in total. The summed E-state index contributed by atoms with van der Waals surface area (Å²) in [6.07, 6.45) is 3.25. The van der Waals surface area contributed by atoms with Crippen molar-refractivity contribution < 1.29 is 18.6 Å². The van der Waals surface area contributed by atoms with E-state index in [4.69, 9.17) is 4.74 Å². The van der Waals surface area contributed by atoms with Gasteiger partial charge in [-0.3, -0.25) is 18.2 Å². The summed E-state index contributed by atoms with van der Waals surface area (Å²) in [6, 6.07) is 13.6. The van der Waals surface area contributed by atoms with E-state index in [9.17, 15) is 13.9 Å². The van der Waals surface area contributed by atoms with Crippen molar-refractivity contribution in [3.05, 3.63) is 59.2 Å². The predicted octanol–water partition coefficient (Wildman–Crippen LogP) is 4.68. The van der Waals surface area contributed by atoms with Crippen LogP contribution in [0, 0.1) is 0 Å². The molecule has 176 valence electrons. The Labute approximate surface area is 193 Å². The quantitative estimate of drug-likeness (QED) is 0.393. The number of likely N-dealkylation sites (N-methyl/N-ethyl adjacent to an activating group) is 1. The number of fused-ring (bicyclic) bond motifs is 1. The Bertz CT molecular complexity index is 937. The molecule has 0 aliphatic carbocycles. The minimum atomic E-state index is -2.97. The van der Waals surface area contributed by atoms with Crippen molar-refractivity contribution >= 4 is 22.4 Å². The zero-order valence-corrected chi connectivity index (χ0v) is 20.3. The summed E-state index contributed by atoms with van der Waals surface area (Å²) >= 11 is 0. The molecule has 2 N–H and O–H groups in total. The maximum atomic E-state index is 12.7. The third kappa shape index (κ3) is 5.63. The van der Waals surface area contributed by atoms with E-state index in [0.717, 1.165) is 49.4 Å². The van der Waals surface area contributed by atoms with Gasteiger partial charge in [0.2, 0.25) is 0 Å². The number of methoxy groups -OCH3 is 1. The molecule has 0 radical (unpaired) electrons. The summed E-state index contributed by atoms with van der Waals surface area (Å²) in [6.45, 7) is 2.29. The number of carbonyl (C=O) groups excluding carboxylic acids is 1. The van der Waals surface area contributed by atoms with Crippen LogP contribution in [0.3, 0.4) is 0 Å². The largest absolute Gasteiger partial charge is 0.496 e. The number of nitrogens with zero attached hydrogens (tertiary/aromatic N) is 3. The molecule has 0 fully saturated rings. The minimum absolute atomic E-state index is 0.131. The first-order valence-electron chi connectivity index (χ1n) is 10.9. The standard InChI is InChI=1S/C24H35N3O4S/c1-25(16-14-19-9-5-6-11-24(19)31-4)15-8-7-10-23(28)20-12-13-22-21(17-20)18-26(2)32(29,30)27(22)3/h5-6,9,11-13,17,29-30H,7-8,10,14-16,18H2,1-4H3. The molecular weight excluding hydrogens is 426 g/mol. The monoisotopic (exact) mass is 461 g/mol. The lowest BCUT2D eigenvalue weighted by Gasteiger charge is -2.51. The van der Waals surface area contributed by atoms with Crippen molar-refractivity contribution in [2.24, 2.45) is 0 Å². The lowest BCUT2D eigenvalue weighted by Crippen LogP contribution is -2.39. The van der Waals surface area contributed by atoms with E-state index in [1.165, 1.54) is 14.2 Å². The molecule has 8 heteroatoms. The lowest BCUT2D eigenvalue weighted by atomic mass is 10.0. The zero-order valence-electron chi connectivity index (χ0n) is 19.5. The second kappa shape index (κ2) is 10.7. The summed E-state index contributed by atoms with van der Waals surface area (Å²) < 4.78 is 29.0. The molecule has 0 bridgehead atoms. The van der Waals surface area contributed by atoms with Crippen LogP contribution in [0.4, 0.5) is 5.69 Å². The zero-order chi connectivity index (χ0) is 23.3. The Balaban J connectivity index is 1.45. The fourth-order valence-electron chi connectivity index (χ4n) is 4.00. The molecule has 0 atom stereocenters. The van der Waals surface area contributed by atoms with Crippen molar-refractivity contribution in [3.8, 4) is 5.75 Å². The van der Waals surface area contributed by atoms with Gasteiger partial charge in [0.05, 0.1) is 12.8 Å². The number of hydrogen-bond donors (Lipinski definition) is 2. The van der Waals surface area contributed by atoms with Gasteiger partial charge < -0.3 is 9.64 Å². The highest BCUT2D eigenvalue weighted by atomic mass is 32.3. The van der Waals surface area contributed by atoms with Crippen molar-refractivity contribution in [2.75, 3.05) is 45.6 Å². The Morgan fingerprint density at radius 2 is 1.88 bits per heavy atom. The van der Waals surface area contributed by atoms with Gasteiger partial charge in [-0.25, -0.2) is 0 Å². The number of unbranched alkanes of at least 4 members (excludes halogenated alkanes) is 1. The van der Waals surface area contributed by atoms with Crippen LogP contribution in [0.1, 0.15) is 40.7 Å². The third-order valence-corrected chi connectivity index (χ3v) is 7.97. The number of anilines is 1. The van der Waals surface area contributed by atoms with Crippen molar-refractivity contribution in [2.45, 2.75) is 32.2 Å². The van der Waals surface area contributed by atoms with Gasteiger partial charge in [-0.15, -0.1) is 0 Å². The molecule has 1 aliphatic heterocycles. The maximum Gasteiger partial charge on any atom is 0.162 e. The number of Topliss-reactive ketones (excluding diaryl/α,β-unsaturated/α-hetero) is 1. The van der Waals surface area contributed by atoms with Gasteiger partial charge in [-0.05, 0) is 68.2 Å². The molecular formula is C24H35N3O4S. The van der Waals surface area contributed by atoms with Crippen molar-refractivity contribution in [3.63, 3.8) is 0 Å². The summed E-state index contributed by atoms with van der Waals surface area (Å²) in [7, 11) is 4.18. The van der Waals surface area contributed by atoms with E-state index in [0.29, 0.717) is 18.5 Å². The number of ketones is 1. The van der Waals surface area contributed by atoms with Gasteiger partial charge in [0, 0.05) is 39.2 Å². The Morgan fingerprint density at radius 1 is 1.12 bits per heavy atom. The summed E-state index contributed by atoms with van der Waals surface area (Å²) in [5, 5.41) is 0. The molecule has 0 aromatic heterocycles. The summed E-state index contributed by atoms with van der Waals surface area (Å²) in [5.74, 6) is 1.06. The van der Waals surface area contributed by atoms with Crippen LogP contribution in [0.5, 0.6) is 5.75 Å².